The number of nitrogens with zero attached hydrogens (tertiary/aromatic N) is 2. The highest BCUT2D eigenvalue weighted by Gasteiger charge is 2.24. The summed E-state index contributed by atoms with van der Waals surface area (Å²) in [7, 11) is 0. The minimum absolute atomic E-state index is 0.0668. The maximum atomic E-state index is 14.8. The first-order chi connectivity index (χ1) is 14.1. The lowest BCUT2D eigenvalue weighted by Gasteiger charge is -2.32. The molecule has 4 rings (SSSR count). The molecule has 29 heavy (non-hydrogen) atoms. The van der Waals surface area contributed by atoms with Gasteiger partial charge in [-0.3, -0.25) is 9.78 Å². The zero-order valence-electron chi connectivity index (χ0n) is 16.8. The molecule has 1 saturated heterocycles. The number of halogens is 1. The summed E-state index contributed by atoms with van der Waals surface area (Å²) in [5, 5.41) is 1.07. The smallest absolute Gasteiger partial charge is 0.222 e. The molecule has 1 aliphatic heterocycles. The molecule has 0 saturated carbocycles. The Morgan fingerprint density at radius 1 is 1.21 bits per heavy atom. The van der Waals surface area contributed by atoms with Crippen LogP contribution in [0.3, 0.4) is 0 Å². The molecule has 150 valence electrons. The van der Waals surface area contributed by atoms with Gasteiger partial charge in [0.15, 0.2) is 11.6 Å². The van der Waals surface area contributed by atoms with Crippen LogP contribution in [0, 0.1) is 12.7 Å². The molecular formula is C24H25FN2O2. The average Bonchev–Trinajstić information content (AvgIpc) is 2.75. The molecule has 1 fully saturated rings. The number of fused-ring (bicyclic) bond motifs is 1. The van der Waals surface area contributed by atoms with E-state index >= 15 is 0 Å². The molecule has 2 heterocycles. The summed E-state index contributed by atoms with van der Waals surface area (Å²) in [6, 6.07) is 13.1. The second kappa shape index (κ2) is 8.19. The minimum Gasteiger partial charge on any atom is -0.487 e. The fourth-order valence-electron chi connectivity index (χ4n) is 3.99. The highest BCUT2D eigenvalue weighted by Crippen LogP contribution is 2.32. The third-order valence-corrected chi connectivity index (χ3v) is 5.66. The SMILES string of the molecule is CCC(=O)N1CCC(Oc2ccc(-c3ccc4cccnc4c3C)cc2F)CC1. The van der Waals surface area contributed by atoms with Crippen molar-refractivity contribution in [2.75, 3.05) is 13.1 Å². The van der Waals surface area contributed by atoms with Crippen molar-refractivity contribution in [3.05, 3.63) is 60.0 Å². The van der Waals surface area contributed by atoms with Crippen LogP contribution in [0.5, 0.6) is 5.75 Å². The minimum atomic E-state index is -0.366. The van der Waals surface area contributed by atoms with Gasteiger partial charge >= 0.3 is 0 Å². The van der Waals surface area contributed by atoms with E-state index in [9.17, 15) is 9.18 Å². The van der Waals surface area contributed by atoms with Gasteiger partial charge in [-0.25, -0.2) is 4.39 Å². The number of likely N-dealkylation sites (tertiary alicyclic amines) is 1. The maximum Gasteiger partial charge on any atom is 0.222 e. The lowest BCUT2D eigenvalue weighted by atomic mass is 9.97. The van der Waals surface area contributed by atoms with Gasteiger partial charge in [-0.2, -0.15) is 0 Å². The summed E-state index contributed by atoms with van der Waals surface area (Å²) in [6.07, 6.45) is 3.68. The first-order valence-corrected chi connectivity index (χ1v) is 10.2. The van der Waals surface area contributed by atoms with Crippen molar-refractivity contribution in [3.63, 3.8) is 0 Å². The standard InChI is InChI=1S/C24H25FN2O2/c1-3-23(28)27-13-10-19(11-14-27)29-22-9-7-18(15-21(22)25)20-8-6-17-5-4-12-26-24(17)16(20)2/h4-9,12,15,19H,3,10-11,13-14H2,1-2H3. The highest BCUT2D eigenvalue weighted by molar-refractivity contribution is 5.88. The first kappa shape index (κ1) is 19.4. The number of carbonyl (C=O) groups excluding carboxylic acids is 1. The number of hydrogen-bond acceptors (Lipinski definition) is 3. The zero-order valence-corrected chi connectivity index (χ0v) is 16.8. The predicted molar refractivity (Wildman–Crippen MR) is 112 cm³/mol. The Kier molecular flexibility index (Phi) is 5.47. The molecule has 0 radical (unpaired) electrons. The molecule has 0 atom stereocenters. The Labute approximate surface area is 170 Å². The van der Waals surface area contributed by atoms with Crippen LogP contribution in [-0.4, -0.2) is 35.0 Å². The fourth-order valence-corrected chi connectivity index (χ4v) is 3.99. The number of rotatable bonds is 4. The highest BCUT2D eigenvalue weighted by atomic mass is 19.1. The monoisotopic (exact) mass is 392 g/mol. The quantitative estimate of drug-likeness (QED) is 0.618. The van der Waals surface area contributed by atoms with Crippen molar-refractivity contribution >= 4 is 16.8 Å². The number of hydrogen-bond donors (Lipinski definition) is 0. The molecule has 0 unspecified atom stereocenters. The fraction of sp³-hybridized carbons (Fsp3) is 0.333. The summed E-state index contributed by atoms with van der Waals surface area (Å²) >= 11 is 0. The number of pyridine rings is 1. The Bertz CT molecular complexity index is 1040. The number of aromatic nitrogens is 1. The average molecular weight is 392 g/mol. The predicted octanol–water partition coefficient (Wildman–Crippen LogP) is 5.13. The van der Waals surface area contributed by atoms with E-state index in [1.165, 1.54) is 6.07 Å². The van der Waals surface area contributed by atoms with Crippen molar-refractivity contribution < 1.29 is 13.9 Å². The van der Waals surface area contributed by atoms with E-state index in [-0.39, 0.29) is 23.6 Å². The second-order valence-electron chi connectivity index (χ2n) is 7.51. The molecule has 0 N–H and O–H groups in total. The summed E-state index contributed by atoms with van der Waals surface area (Å²) in [4.78, 5) is 18.1. The van der Waals surface area contributed by atoms with Crippen molar-refractivity contribution in [3.8, 4) is 16.9 Å². The number of carbonyl (C=O) groups is 1. The summed E-state index contributed by atoms with van der Waals surface area (Å²) in [5.41, 5.74) is 3.74. The van der Waals surface area contributed by atoms with Gasteiger partial charge in [-0.05, 0) is 41.8 Å². The van der Waals surface area contributed by atoms with Gasteiger partial charge in [-0.15, -0.1) is 0 Å². The molecule has 2 aromatic carbocycles. The van der Waals surface area contributed by atoms with Crippen LogP contribution < -0.4 is 4.74 Å². The summed E-state index contributed by atoms with van der Waals surface area (Å²) < 4.78 is 20.7. The van der Waals surface area contributed by atoms with Crippen LogP contribution in [0.25, 0.3) is 22.0 Å². The van der Waals surface area contributed by atoms with E-state index in [1.54, 1.807) is 12.3 Å². The van der Waals surface area contributed by atoms with Crippen molar-refractivity contribution in [1.29, 1.82) is 0 Å². The van der Waals surface area contributed by atoms with E-state index in [1.807, 2.05) is 49.1 Å². The Balaban J connectivity index is 1.51. The summed E-state index contributed by atoms with van der Waals surface area (Å²) in [5.74, 6) is 0.0693. The number of benzene rings is 2. The molecule has 1 aromatic heterocycles. The van der Waals surface area contributed by atoms with Crippen LogP contribution in [0.1, 0.15) is 31.7 Å². The molecule has 5 heteroatoms. The normalized spacial score (nSPS) is 14.9. The van der Waals surface area contributed by atoms with Gasteiger partial charge in [0.1, 0.15) is 6.10 Å². The van der Waals surface area contributed by atoms with Crippen LogP contribution in [0.4, 0.5) is 4.39 Å². The van der Waals surface area contributed by atoms with Crippen molar-refractivity contribution in [2.24, 2.45) is 0 Å². The van der Waals surface area contributed by atoms with Gasteiger partial charge in [0.05, 0.1) is 5.52 Å². The van der Waals surface area contributed by atoms with Gasteiger partial charge in [0, 0.05) is 43.9 Å². The van der Waals surface area contributed by atoms with Gasteiger partial charge in [-0.1, -0.05) is 31.2 Å². The number of aryl methyl sites for hydroxylation is 1. The van der Waals surface area contributed by atoms with Gasteiger partial charge in [0.2, 0.25) is 5.91 Å². The molecule has 0 bridgehead atoms. The second-order valence-corrected chi connectivity index (χ2v) is 7.51. The van der Waals surface area contributed by atoms with E-state index < -0.39 is 0 Å². The van der Waals surface area contributed by atoms with E-state index in [0.29, 0.717) is 19.5 Å². The Morgan fingerprint density at radius 3 is 2.72 bits per heavy atom. The largest absolute Gasteiger partial charge is 0.487 e. The lowest BCUT2D eigenvalue weighted by Crippen LogP contribution is -2.41. The summed E-state index contributed by atoms with van der Waals surface area (Å²) in [6.45, 7) is 5.22. The van der Waals surface area contributed by atoms with Crippen LogP contribution >= 0.6 is 0 Å². The third kappa shape index (κ3) is 3.95. The van der Waals surface area contributed by atoms with Crippen LogP contribution in [0.15, 0.2) is 48.7 Å². The Hall–Kier alpha value is -2.95. The van der Waals surface area contributed by atoms with Crippen LogP contribution in [0.2, 0.25) is 0 Å². The number of ether oxygens (including phenoxy) is 1. The number of amides is 1. The van der Waals surface area contributed by atoms with Crippen LogP contribution in [-0.2, 0) is 4.79 Å². The van der Waals surface area contributed by atoms with Gasteiger partial charge in [0.25, 0.3) is 0 Å². The van der Waals surface area contributed by atoms with E-state index in [4.69, 9.17) is 4.74 Å². The third-order valence-electron chi connectivity index (χ3n) is 5.66. The maximum absolute atomic E-state index is 14.8. The first-order valence-electron chi connectivity index (χ1n) is 10.2. The molecule has 0 spiro atoms. The van der Waals surface area contributed by atoms with E-state index in [0.717, 1.165) is 40.4 Å². The molecule has 1 aliphatic rings. The molecular weight excluding hydrogens is 367 g/mol. The van der Waals surface area contributed by atoms with Gasteiger partial charge < -0.3 is 9.64 Å². The van der Waals surface area contributed by atoms with Crippen molar-refractivity contribution in [2.45, 2.75) is 39.2 Å². The van der Waals surface area contributed by atoms with Crippen molar-refractivity contribution in [1.82, 2.24) is 9.88 Å². The molecule has 4 nitrogen and oxygen atoms in total. The topological polar surface area (TPSA) is 42.4 Å². The molecule has 3 aromatic rings. The molecule has 0 aliphatic carbocycles. The molecule has 1 amide bonds. The Morgan fingerprint density at radius 2 is 2.00 bits per heavy atom. The lowest BCUT2D eigenvalue weighted by molar-refractivity contribution is -0.132. The van der Waals surface area contributed by atoms with E-state index in [2.05, 4.69) is 4.98 Å². The number of piperidine rings is 1. The zero-order chi connectivity index (χ0) is 20.4.